The molecule has 2 aromatic carbocycles. The van der Waals surface area contributed by atoms with Crippen LogP contribution in [0.25, 0.3) is 0 Å². The van der Waals surface area contributed by atoms with Gasteiger partial charge in [-0.25, -0.2) is 13.4 Å². The van der Waals surface area contributed by atoms with Gasteiger partial charge >= 0.3 is 0 Å². The van der Waals surface area contributed by atoms with E-state index in [4.69, 9.17) is 0 Å². The van der Waals surface area contributed by atoms with Crippen molar-refractivity contribution in [3.05, 3.63) is 78.0 Å². The van der Waals surface area contributed by atoms with Gasteiger partial charge in [-0.3, -0.25) is 4.72 Å². The van der Waals surface area contributed by atoms with Gasteiger partial charge in [0.25, 0.3) is 10.0 Å². The molecule has 0 aliphatic rings. The van der Waals surface area contributed by atoms with E-state index in [1.165, 1.54) is 11.8 Å². The van der Waals surface area contributed by atoms with Crippen LogP contribution in [0, 0.1) is 6.92 Å². The minimum atomic E-state index is -3.67. The molecule has 3 aromatic rings. The first-order valence-corrected chi connectivity index (χ1v) is 11.0. The van der Waals surface area contributed by atoms with Gasteiger partial charge in [-0.1, -0.05) is 49.9 Å². The summed E-state index contributed by atoms with van der Waals surface area (Å²) in [6.45, 7) is 6.13. The Morgan fingerprint density at radius 1 is 1.00 bits per heavy atom. The van der Waals surface area contributed by atoms with E-state index in [-0.39, 0.29) is 4.90 Å². The lowest BCUT2D eigenvalue weighted by atomic mass is 10.0. The van der Waals surface area contributed by atoms with E-state index in [9.17, 15) is 8.42 Å². The highest BCUT2D eigenvalue weighted by atomic mass is 32.2. The summed E-state index contributed by atoms with van der Waals surface area (Å²) < 4.78 is 28.4. The van der Waals surface area contributed by atoms with Crippen LogP contribution in [-0.2, 0) is 10.0 Å². The van der Waals surface area contributed by atoms with Gasteiger partial charge in [0.2, 0.25) is 0 Å². The Balaban J connectivity index is 1.90. The predicted octanol–water partition coefficient (Wildman–Crippen LogP) is 5.47. The molecule has 0 unspecified atom stereocenters. The molecule has 0 aliphatic heterocycles. The maximum absolute atomic E-state index is 12.8. The van der Waals surface area contributed by atoms with Crippen molar-refractivity contribution in [1.29, 1.82) is 0 Å². The summed E-state index contributed by atoms with van der Waals surface area (Å²) in [7, 11) is -3.67. The molecule has 140 valence electrons. The molecule has 0 radical (unpaired) electrons. The molecule has 0 atom stereocenters. The van der Waals surface area contributed by atoms with Crippen molar-refractivity contribution in [2.75, 3.05) is 4.72 Å². The number of rotatable bonds is 6. The van der Waals surface area contributed by atoms with Gasteiger partial charge in [0.15, 0.2) is 0 Å². The maximum Gasteiger partial charge on any atom is 0.261 e. The first-order chi connectivity index (χ1) is 12.8. The fourth-order valence-corrected chi connectivity index (χ4v) is 4.66. The zero-order valence-corrected chi connectivity index (χ0v) is 17.1. The summed E-state index contributed by atoms with van der Waals surface area (Å²) in [6.07, 6.45) is 1.72. The van der Waals surface area contributed by atoms with Crippen molar-refractivity contribution in [2.24, 2.45) is 0 Å². The molecular weight excluding hydrogens is 376 g/mol. The van der Waals surface area contributed by atoms with Crippen molar-refractivity contribution in [1.82, 2.24) is 4.98 Å². The zero-order chi connectivity index (χ0) is 19.4. The minimum Gasteiger partial charge on any atom is -0.278 e. The highest BCUT2D eigenvalue weighted by Gasteiger charge is 2.17. The molecule has 1 N–H and O–H groups in total. The molecule has 1 heterocycles. The van der Waals surface area contributed by atoms with E-state index in [0.29, 0.717) is 11.6 Å². The molecule has 0 amide bonds. The van der Waals surface area contributed by atoms with Crippen molar-refractivity contribution in [3.8, 4) is 0 Å². The second kappa shape index (κ2) is 8.15. The fourth-order valence-electron chi connectivity index (χ4n) is 2.55. The highest BCUT2D eigenvalue weighted by Crippen LogP contribution is 2.34. The summed E-state index contributed by atoms with van der Waals surface area (Å²) >= 11 is 1.43. The second-order valence-electron chi connectivity index (χ2n) is 6.60. The molecular formula is C21H22N2O2S2. The summed E-state index contributed by atoms with van der Waals surface area (Å²) in [4.78, 5) is 5.38. The lowest BCUT2D eigenvalue weighted by Crippen LogP contribution is -2.13. The number of aromatic nitrogens is 1. The van der Waals surface area contributed by atoms with Gasteiger partial charge in [0, 0.05) is 11.1 Å². The fraction of sp³-hybridized carbons (Fsp3) is 0.190. The number of aryl methyl sites for hydroxylation is 1. The van der Waals surface area contributed by atoms with Crippen LogP contribution in [0.3, 0.4) is 0 Å². The van der Waals surface area contributed by atoms with Crippen LogP contribution in [0.15, 0.2) is 81.7 Å². The Morgan fingerprint density at radius 3 is 2.37 bits per heavy atom. The topological polar surface area (TPSA) is 59.1 Å². The van der Waals surface area contributed by atoms with Crippen LogP contribution in [0.1, 0.15) is 30.9 Å². The smallest absolute Gasteiger partial charge is 0.261 e. The number of hydrogen-bond acceptors (Lipinski definition) is 4. The third-order valence-corrected chi connectivity index (χ3v) is 6.48. The Bertz CT molecular complexity index is 1020. The van der Waals surface area contributed by atoms with Gasteiger partial charge in [0.1, 0.15) is 5.03 Å². The molecule has 0 fully saturated rings. The maximum atomic E-state index is 12.8. The zero-order valence-electron chi connectivity index (χ0n) is 15.5. The van der Waals surface area contributed by atoms with E-state index in [2.05, 4.69) is 23.6 Å². The number of hydrogen-bond donors (Lipinski definition) is 1. The molecule has 0 saturated heterocycles. The summed E-state index contributed by atoms with van der Waals surface area (Å²) in [6, 6.07) is 18.3. The van der Waals surface area contributed by atoms with Crippen LogP contribution in [-0.4, -0.2) is 13.4 Å². The second-order valence-corrected chi connectivity index (χ2v) is 9.34. The van der Waals surface area contributed by atoms with Crippen molar-refractivity contribution < 1.29 is 8.42 Å². The average molecular weight is 399 g/mol. The van der Waals surface area contributed by atoms with Crippen molar-refractivity contribution in [3.63, 3.8) is 0 Å². The summed E-state index contributed by atoms with van der Waals surface area (Å²) in [5, 5.41) is 0.810. The molecule has 27 heavy (non-hydrogen) atoms. The normalized spacial score (nSPS) is 11.6. The number of benzene rings is 2. The quantitative estimate of drug-likeness (QED) is 0.598. The van der Waals surface area contributed by atoms with Crippen LogP contribution >= 0.6 is 11.8 Å². The lowest BCUT2D eigenvalue weighted by Gasteiger charge is -2.14. The number of pyridine rings is 1. The number of sulfonamides is 1. The molecule has 4 nitrogen and oxygen atoms in total. The third-order valence-electron chi connectivity index (χ3n) is 4.09. The van der Waals surface area contributed by atoms with Gasteiger partial charge in [0.05, 0.1) is 10.6 Å². The van der Waals surface area contributed by atoms with E-state index in [1.807, 2.05) is 49.4 Å². The van der Waals surface area contributed by atoms with E-state index in [1.54, 1.807) is 24.4 Å². The molecule has 6 heteroatoms. The average Bonchev–Trinajstić information content (AvgIpc) is 2.65. The van der Waals surface area contributed by atoms with Gasteiger partial charge < -0.3 is 0 Å². The highest BCUT2D eigenvalue weighted by molar-refractivity contribution is 7.99. The number of anilines is 1. The van der Waals surface area contributed by atoms with E-state index >= 15 is 0 Å². The van der Waals surface area contributed by atoms with Gasteiger partial charge in [-0.05, 0) is 60.4 Å². The Hall–Kier alpha value is -2.31. The number of nitrogens with one attached hydrogen (secondary N) is 1. The van der Waals surface area contributed by atoms with E-state index < -0.39 is 10.0 Å². The van der Waals surface area contributed by atoms with E-state index in [0.717, 1.165) is 21.0 Å². The first-order valence-electron chi connectivity index (χ1n) is 8.67. The first kappa shape index (κ1) is 19.5. The number of nitrogens with zero attached hydrogens (tertiary/aromatic N) is 1. The molecule has 1 aromatic heterocycles. The summed E-state index contributed by atoms with van der Waals surface area (Å²) in [5.41, 5.74) is 2.71. The molecule has 0 bridgehead atoms. The van der Waals surface area contributed by atoms with Crippen LogP contribution in [0.2, 0.25) is 0 Å². The molecule has 0 saturated carbocycles. The van der Waals surface area contributed by atoms with Gasteiger partial charge in [-0.15, -0.1) is 0 Å². The van der Waals surface area contributed by atoms with Crippen LogP contribution in [0.5, 0.6) is 0 Å². The van der Waals surface area contributed by atoms with Crippen LogP contribution in [0.4, 0.5) is 5.69 Å². The molecule has 0 aliphatic carbocycles. The lowest BCUT2D eigenvalue weighted by molar-refractivity contribution is 0.601. The minimum absolute atomic E-state index is 0.251. The Kier molecular flexibility index (Phi) is 5.87. The monoisotopic (exact) mass is 398 g/mol. The largest absolute Gasteiger partial charge is 0.278 e. The molecule has 3 rings (SSSR count). The predicted molar refractivity (Wildman–Crippen MR) is 111 cm³/mol. The van der Waals surface area contributed by atoms with Crippen LogP contribution < -0.4 is 4.72 Å². The Labute approximate surface area is 165 Å². The standard InChI is InChI=1S/C21H22N2O2S2/c1-15(2)17-8-10-18(11-9-17)27(24,25)23-19-12-7-16(3)14-20(19)26-21-6-4-5-13-22-21/h4-15,23H,1-3H3. The van der Waals surface area contributed by atoms with Crippen molar-refractivity contribution >= 4 is 27.5 Å². The SMILES string of the molecule is Cc1ccc(NS(=O)(=O)c2ccc(C(C)C)cc2)c(Sc2ccccn2)c1. The molecule has 0 spiro atoms. The van der Waals surface area contributed by atoms with Crippen molar-refractivity contribution in [2.45, 2.75) is 41.5 Å². The van der Waals surface area contributed by atoms with Gasteiger partial charge in [-0.2, -0.15) is 0 Å². The Morgan fingerprint density at radius 2 is 1.74 bits per heavy atom. The summed E-state index contributed by atoms with van der Waals surface area (Å²) in [5.74, 6) is 0.355. The third kappa shape index (κ3) is 4.90.